The average molecular weight is 987 g/mol. The number of unbranched alkanes of at least 4 members (excludes halogenated alkanes) is 46. The van der Waals surface area contributed by atoms with E-state index >= 15 is 0 Å². The molecular formula is C64H123NO5. The van der Waals surface area contributed by atoms with E-state index in [1.54, 1.807) is 6.08 Å². The van der Waals surface area contributed by atoms with Gasteiger partial charge < -0.3 is 20.3 Å². The number of ether oxygens (including phenoxy) is 1. The summed E-state index contributed by atoms with van der Waals surface area (Å²) in [6.45, 7) is 4.90. The molecule has 0 spiro atoms. The number of aliphatic hydroxyl groups is 2. The second-order valence-corrected chi connectivity index (χ2v) is 21.7. The number of hydrogen-bond donors (Lipinski definition) is 3. The van der Waals surface area contributed by atoms with Crippen molar-refractivity contribution >= 4 is 11.9 Å². The third kappa shape index (κ3) is 55.7. The zero-order valence-corrected chi connectivity index (χ0v) is 47.3. The third-order valence-corrected chi connectivity index (χ3v) is 14.7. The smallest absolute Gasteiger partial charge is 0.305 e. The average Bonchev–Trinajstić information content (AvgIpc) is 3.36. The summed E-state index contributed by atoms with van der Waals surface area (Å²) in [4.78, 5) is 24.5. The van der Waals surface area contributed by atoms with Crippen LogP contribution in [0.4, 0.5) is 0 Å². The van der Waals surface area contributed by atoms with Gasteiger partial charge in [0.25, 0.3) is 0 Å². The molecule has 3 N–H and O–H groups in total. The molecule has 414 valence electrons. The molecule has 0 aliphatic rings. The first-order valence-corrected chi connectivity index (χ1v) is 31.6. The van der Waals surface area contributed by atoms with Crippen LogP contribution in [0.3, 0.4) is 0 Å². The molecule has 0 aliphatic heterocycles. The van der Waals surface area contributed by atoms with Gasteiger partial charge >= 0.3 is 5.97 Å². The fourth-order valence-corrected chi connectivity index (χ4v) is 9.87. The Labute approximate surface area is 437 Å². The number of nitrogens with one attached hydrogen (secondary N) is 1. The predicted molar refractivity (Wildman–Crippen MR) is 306 cm³/mol. The third-order valence-electron chi connectivity index (χ3n) is 14.7. The largest absolute Gasteiger partial charge is 0.466 e. The van der Waals surface area contributed by atoms with Crippen LogP contribution < -0.4 is 5.32 Å². The van der Waals surface area contributed by atoms with E-state index in [-0.39, 0.29) is 18.5 Å². The molecule has 0 aromatic heterocycles. The van der Waals surface area contributed by atoms with Crippen molar-refractivity contribution in [2.24, 2.45) is 0 Å². The van der Waals surface area contributed by atoms with Crippen molar-refractivity contribution in [2.75, 3.05) is 13.2 Å². The first kappa shape index (κ1) is 68.3. The fraction of sp³-hybridized carbons (Fsp3) is 0.906. The highest BCUT2D eigenvalue weighted by Crippen LogP contribution is 2.18. The molecule has 0 rings (SSSR count). The monoisotopic (exact) mass is 986 g/mol. The number of carbonyl (C=O) groups is 2. The molecule has 2 atom stereocenters. The number of esters is 1. The molecule has 2 unspecified atom stereocenters. The Balaban J connectivity index is 3.44. The number of amides is 1. The van der Waals surface area contributed by atoms with Crippen molar-refractivity contribution in [3.05, 3.63) is 24.3 Å². The van der Waals surface area contributed by atoms with Crippen molar-refractivity contribution in [3.63, 3.8) is 0 Å². The van der Waals surface area contributed by atoms with Crippen molar-refractivity contribution in [2.45, 2.75) is 360 Å². The number of rotatable bonds is 59. The Hall–Kier alpha value is -1.66. The maximum absolute atomic E-state index is 12.5. The standard InChI is InChI=1S/C64H123NO5/c1-3-5-7-9-11-13-15-17-18-19-20-21-22-23-26-29-33-36-40-44-48-52-56-62(67)61(60-66)65-63(68)57-53-49-45-41-37-34-30-27-24-25-28-31-35-39-43-47-51-55-59-70-64(69)58-54-50-46-42-38-32-16-14-12-10-8-6-4-2/h14,16,52,56,61-62,66-67H,3-13,15,17-51,53-55,57-60H2,1-2H3,(H,65,68)/b16-14-,56-52+. The van der Waals surface area contributed by atoms with E-state index in [1.165, 1.54) is 276 Å². The summed E-state index contributed by atoms with van der Waals surface area (Å²) in [5, 5.41) is 23.2. The highest BCUT2D eigenvalue weighted by Gasteiger charge is 2.18. The summed E-state index contributed by atoms with van der Waals surface area (Å²) in [7, 11) is 0. The Bertz CT molecular complexity index is 1090. The highest BCUT2D eigenvalue weighted by atomic mass is 16.5. The fourth-order valence-electron chi connectivity index (χ4n) is 9.87. The van der Waals surface area contributed by atoms with Gasteiger partial charge in [-0.3, -0.25) is 9.59 Å². The van der Waals surface area contributed by atoms with Crippen LogP contribution in [0.1, 0.15) is 348 Å². The Morgan fingerprint density at radius 3 is 1.03 bits per heavy atom. The van der Waals surface area contributed by atoms with Gasteiger partial charge in [-0.1, -0.05) is 301 Å². The SMILES string of the molecule is CCCCCC/C=C\CCCCCCCC(=O)OCCCCCCCCCCCCCCCCCCCCC(=O)NC(CO)C(O)/C=C/CCCCCCCCCCCCCCCCCCCCCC. The lowest BCUT2D eigenvalue weighted by atomic mass is 10.0. The zero-order valence-electron chi connectivity index (χ0n) is 47.3. The maximum atomic E-state index is 12.5. The minimum Gasteiger partial charge on any atom is -0.466 e. The minimum absolute atomic E-state index is 0.00218. The minimum atomic E-state index is -0.848. The second-order valence-electron chi connectivity index (χ2n) is 21.7. The van der Waals surface area contributed by atoms with Crippen molar-refractivity contribution < 1.29 is 24.5 Å². The van der Waals surface area contributed by atoms with Crippen molar-refractivity contribution in [1.82, 2.24) is 5.32 Å². The maximum Gasteiger partial charge on any atom is 0.305 e. The molecule has 0 heterocycles. The summed E-state index contributed by atoms with van der Waals surface area (Å²) in [6.07, 6.45) is 73.6. The van der Waals surface area contributed by atoms with Crippen LogP contribution in [-0.2, 0) is 14.3 Å². The van der Waals surface area contributed by atoms with Gasteiger partial charge in [-0.2, -0.15) is 0 Å². The molecule has 0 saturated heterocycles. The van der Waals surface area contributed by atoms with Gasteiger partial charge in [0.2, 0.25) is 5.91 Å². The Morgan fingerprint density at radius 2 is 0.671 bits per heavy atom. The lowest BCUT2D eigenvalue weighted by Gasteiger charge is -2.20. The van der Waals surface area contributed by atoms with Gasteiger partial charge in [-0.05, 0) is 57.8 Å². The summed E-state index contributed by atoms with van der Waals surface area (Å²) >= 11 is 0. The van der Waals surface area contributed by atoms with Gasteiger partial charge in [-0.25, -0.2) is 0 Å². The van der Waals surface area contributed by atoms with Gasteiger partial charge in [-0.15, -0.1) is 0 Å². The lowest BCUT2D eigenvalue weighted by Crippen LogP contribution is -2.45. The van der Waals surface area contributed by atoms with E-state index < -0.39 is 12.1 Å². The number of allylic oxidation sites excluding steroid dienone is 3. The predicted octanol–water partition coefficient (Wildman–Crippen LogP) is 19.8. The molecule has 0 aromatic carbocycles. The number of carbonyl (C=O) groups excluding carboxylic acids is 2. The molecule has 1 amide bonds. The van der Waals surface area contributed by atoms with Crippen molar-refractivity contribution in [1.29, 1.82) is 0 Å². The second kappa shape index (κ2) is 59.9. The Kier molecular flexibility index (Phi) is 58.5. The summed E-state index contributed by atoms with van der Waals surface area (Å²) in [6, 6.07) is -0.632. The lowest BCUT2D eigenvalue weighted by molar-refractivity contribution is -0.143. The summed E-state index contributed by atoms with van der Waals surface area (Å²) in [5.74, 6) is -0.0709. The van der Waals surface area contributed by atoms with Crippen LogP contribution in [-0.4, -0.2) is 47.4 Å². The van der Waals surface area contributed by atoms with E-state index in [4.69, 9.17) is 4.74 Å². The van der Waals surface area contributed by atoms with Gasteiger partial charge in [0.05, 0.1) is 25.4 Å². The van der Waals surface area contributed by atoms with E-state index in [2.05, 4.69) is 31.3 Å². The first-order chi connectivity index (χ1) is 34.5. The Morgan fingerprint density at radius 1 is 0.386 bits per heavy atom. The number of aliphatic hydroxyl groups excluding tert-OH is 2. The normalized spacial score (nSPS) is 12.7. The quantitative estimate of drug-likeness (QED) is 0.0321. The van der Waals surface area contributed by atoms with Crippen LogP contribution in [0.25, 0.3) is 0 Å². The van der Waals surface area contributed by atoms with E-state index in [0.29, 0.717) is 19.4 Å². The highest BCUT2D eigenvalue weighted by molar-refractivity contribution is 5.76. The number of hydrogen-bond acceptors (Lipinski definition) is 5. The molecule has 6 heteroatoms. The topological polar surface area (TPSA) is 95.9 Å². The zero-order chi connectivity index (χ0) is 50.7. The molecule has 0 bridgehead atoms. The van der Waals surface area contributed by atoms with E-state index in [9.17, 15) is 19.8 Å². The summed E-state index contributed by atoms with van der Waals surface area (Å²) in [5.41, 5.74) is 0. The van der Waals surface area contributed by atoms with E-state index in [1.807, 2.05) is 6.08 Å². The van der Waals surface area contributed by atoms with Crippen LogP contribution in [0, 0.1) is 0 Å². The van der Waals surface area contributed by atoms with Crippen LogP contribution in [0.15, 0.2) is 24.3 Å². The first-order valence-electron chi connectivity index (χ1n) is 31.6. The molecule has 0 saturated carbocycles. The molecule has 0 aliphatic carbocycles. The van der Waals surface area contributed by atoms with Crippen LogP contribution in [0.2, 0.25) is 0 Å². The molecule has 0 fully saturated rings. The molecule has 0 aromatic rings. The molecular weight excluding hydrogens is 863 g/mol. The van der Waals surface area contributed by atoms with Crippen molar-refractivity contribution in [3.8, 4) is 0 Å². The van der Waals surface area contributed by atoms with Crippen LogP contribution in [0.5, 0.6) is 0 Å². The summed E-state index contributed by atoms with van der Waals surface area (Å²) < 4.78 is 5.47. The molecule has 0 radical (unpaired) electrons. The van der Waals surface area contributed by atoms with E-state index in [0.717, 1.165) is 44.9 Å². The van der Waals surface area contributed by atoms with Gasteiger partial charge in [0.15, 0.2) is 0 Å². The molecule has 70 heavy (non-hydrogen) atoms. The molecule has 6 nitrogen and oxygen atoms in total. The van der Waals surface area contributed by atoms with Crippen LogP contribution >= 0.6 is 0 Å². The van der Waals surface area contributed by atoms with Gasteiger partial charge in [0.1, 0.15) is 0 Å². The van der Waals surface area contributed by atoms with Gasteiger partial charge in [0, 0.05) is 12.8 Å².